The molecule has 0 aliphatic carbocycles. The van der Waals surface area contributed by atoms with E-state index in [1.807, 2.05) is 12.3 Å². The molecule has 0 aliphatic heterocycles. The van der Waals surface area contributed by atoms with Gasteiger partial charge in [0, 0.05) is 24.0 Å². The monoisotopic (exact) mass is 297 g/mol. The van der Waals surface area contributed by atoms with Gasteiger partial charge in [-0.3, -0.25) is 14.9 Å². The van der Waals surface area contributed by atoms with Crippen molar-refractivity contribution in [2.75, 3.05) is 12.4 Å². The van der Waals surface area contributed by atoms with Crippen molar-refractivity contribution in [3.05, 3.63) is 20.7 Å². The topological polar surface area (TPSA) is 102 Å². The molecule has 0 spiro atoms. The number of thiazole rings is 1. The van der Waals surface area contributed by atoms with Gasteiger partial charge in [0.25, 0.3) is 0 Å². The van der Waals surface area contributed by atoms with Crippen molar-refractivity contribution >= 4 is 23.2 Å². The van der Waals surface area contributed by atoms with Crippen LogP contribution in [0.3, 0.4) is 0 Å². The summed E-state index contributed by atoms with van der Waals surface area (Å²) in [5, 5.41) is 10.6. The fourth-order valence-electron chi connectivity index (χ4n) is 1.66. The van der Waals surface area contributed by atoms with Gasteiger partial charge in [0.15, 0.2) is 0 Å². The second-order valence-corrected chi connectivity index (χ2v) is 4.94. The third kappa shape index (κ3) is 3.44. The van der Waals surface area contributed by atoms with Gasteiger partial charge in [-0.2, -0.15) is 4.98 Å². The third-order valence-corrected chi connectivity index (χ3v) is 3.55. The number of ether oxygens (including phenoxy) is 1. The van der Waals surface area contributed by atoms with Crippen LogP contribution in [0.5, 0.6) is 6.01 Å². The quantitative estimate of drug-likeness (QED) is 0.819. The molecular weight excluding hydrogens is 282 g/mol. The molecule has 0 aromatic carbocycles. The first kappa shape index (κ1) is 14.3. The summed E-state index contributed by atoms with van der Waals surface area (Å²) in [6.07, 6.45) is 0.874. The number of rotatable bonds is 6. The normalized spacial score (nSPS) is 10.5. The maximum atomic E-state index is 11.7. The van der Waals surface area contributed by atoms with E-state index < -0.39 is 0 Å². The van der Waals surface area contributed by atoms with E-state index >= 15 is 0 Å². The molecule has 0 saturated heterocycles. The van der Waals surface area contributed by atoms with E-state index in [1.165, 1.54) is 18.4 Å². The summed E-state index contributed by atoms with van der Waals surface area (Å²) >= 11 is 1.17. The lowest BCUT2D eigenvalue weighted by atomic mass is 10.3. The summed E-state index contributed by atoms with van der Waals surface area (Å²) in [5.74, 6) is 0.0560. The minimum atomic E-state index is -0.190. The van der Waals surface area contributed by atoms with Crippen LogP contribution in [-0.2, 0) is 11.3 Å². The Balaban J connectivity index is 1.79. The number of H-pyrrole nitrogens is 1. The number of anilines is 1. The number of aryl methyl sites for hydroxylation is 1. The molecule has 20 heavy (non-hydrogen) atoms. The smallest absolute Gasteiger partial charge is 0.336 e. The van der Waals surface area contributed by atoms with Gasteiger partial charge in [0.1, 0.15) is 0 Å². The lowest BCUT2D eigenvalue weighted by molar-refractivity contribution is -0.116. The Morgan fingerprint density at radius 1 is 1.60 bits per heavy atom. The molecule has 0 atom stereocenters. The second-order valence-electron chi connectivity index (χ2n) is 4.12. The van der Waals surface area contributed by atoms with E-state index in [0.29, 0.717) is 19.4 Å². The van der Waals surface area contributed by atoms with Gasteiger partial charge in [-0.05, 0) is 13.3 Å². The molecule has 0 aliphatic rings. The van der Waals surface area contributed by atoms with Gasteiger partial charge in [-0.15, -0.1) is 5.10 Å². The minimum absolute atomic E-state index is 0.00267. The molecule has 2 rings (SSSR count). The number of carbonyl (C=O) groups excluding carboxylic acids is 1. The number of nitrogens with one attached hydrogen (secondary N) is 2. The SMILES string of the molecule is COc1n[nH]c(NC(=O)CCCn2c(C)csc2=O)n1. The molecule has 9 heteroatoms. The zero-order chi connectivity index (χ0) is 14.5. The van der Waals surface area contributed by atoms with Crippen LogP contribution >= 0.6 is 11.3 Å². The second kappa shape index (κ2) is 6.33. The van der Waals surface area contributed by atoms with Crippen molar-refractivity contribution in [1.29, 1.82) is 0 Å². The molecule has 0 bridgehead atoms. The van der Waals surface area contributed by atoms with E-state index in [4.69, 9.17) is 4.74 Å². The first-order valence-electron chi connectivity index (χ1n) is 6.01. The number of nitrogens with zero attached hydrogens (tertiary/aromatic N) is 3. The zero-order valence-electron chi connectivity index (χ0n) is 11.2. The molecule has 0 saturated carbocycles. The van der Waals surface area contributed by atoms with Crippen molar-refractivity contribution in [3.63, 3.8) is 0 Å². The maximum Gasteiger partial charge on any atom is 0.336 e. The molecule has 2 aromatic rings. The number of amides is 1. The summed E-state index contributed by atoms with van der Waals surface area (Å²) < 4.78 is 6.45. The van der Waals surface area contributed by atoms with Gasteiger partial charge < -0.3 is 9.30 Å². The van der Waals surface area contributed by atoms with Gasteiger partial charge >= 0.3 is 10.9 Å². The highest BCUT2D eigenvalue weighted by Crippen LogP contribution is 2.06. The molecule has 2 N–H and O–H groups in total. The molecule has 108 valence electrons. The fourth-order valence-corrected chi connectivity index (χ4v) is 2.42. The highest BCUT2D eigenvalue weighted by Gasteiger charge is 2.08. The fraction of sp³-hybridized carbons (Fsp3) is 0.455. The molecule has 0 unspecified atom stereocenters. The summed E-state index contributed by atoms with van der Waals surface area (Å²) in [6.45, 7) is 2.40. The Labute approximate surface area is 118 Å². The van der Waals surface area contributed by atoms with Crippen molar-refractivity contribution in [2.24, 2.45) is 0 Å². The predicted octanol–water partition coefficient (Wildman–Crippen LogP) is 0.764. The number of methoxy groups -OCH3 is 1. The molecule has 2 heterocycles. The van der Waals surface area contributed by atoms with Crippen LogP contribution in [0, 0.1) is 6.92 Å². The summed E-state index contributed by atoms with van der Waals surface area (Å²) in [7, 11) is 1.44. The number of aromatic nitrogens is 4. The zero-order valence-corrected chi connectivity index (χ0v) is 12.0. The molecule has 8 nitrogen and oxygen atoms in total. The third-order valence-electron chi connectivity index (χ3n) is 2.67. The maximum absolute atomic E-state index is 11.7. The summed E-state index contributed by atoms with van der Waals surface area (Å²) in [5.41, 5.74) is 0.917. The van der Waals surface area contributed by atoms with E-state index in [-0.39, 0.29) is 22.7 Å². The van der Waals surface area contributed by atoms with Gasteiger partial charge in [0.2, 0.25) is 11.9 Å². The average molecular weight is 297 g/mol. The van der Waals surface area contributed by atoms with Crippen LogP contribution in [0.2, 0.25) is 0 Å². The lowest BCUT2D eigenvalue weighted by Gasteiger charge is -2.04. The number of hydrogen-bond acceptors (Lipinski definition) is 6. The molecular formula is C11H15N5O3S. The van der Waals surface area contributed by atoms with Gasteiger partial charge in [-0.1, -0.05) is 11.3 Å². The van der Waals surface area contributed by atoms with E-state index in [9.17, 15) is 9.59 Å². The van der Waals surface area contributed by atoms with Crippen molar-refractivity contribution in [2.45, 2.75) is 26.3 Å². The van der Waals surface area contributed by atoms with Crippen LogP contribution in [0.4, 0.5) is 5.95 Å². The number of aromatic amines is 1. The highest BCUT2D eigenvalue weighted by atomic mass is 32.1. The summed E-state index contributed by atoms with van der Waals surface area (Å²) in [4.78, 5) is 27.1. The Kier molecular flexibility index (Phi) is 4.51. The first-order chi connectivity index (χ1) is 9.60. The number of carbonyl (C=O) groups is 1. The van der Waals surface area contributed by atoms with Crippen LogP contribution in [0.15, 0.2) is 10.2 Å². The molecule has 2 aromatic heterocycles. The van der Waals surface area contributed by atoms with Crippen LogP contribution in [0.25, 0.3) is 0 Å². The number of hydrogen-bond donors (Lipinski definition) is 2. The highest BCUT2D eigenvalue weighted by molar-refractivity contribution is 7.07. The summed E-state index contributed by atoms with van der Waals surface area (Å²) in [6, 6.07) is 0.167. The average Bonchev–Trinajstić information content (AvgIpc) is 2.99. The molecule has 0 fully saturated rings. The Morgan fingerprint density at radius 2 is 2.40 bits per heavy atom. The van der Waals surface area contributed by atoms with E-state index in [1.54, 1.807) is 4.57 Å². The van der Waals surface area contributed by atoms with Gasteiger partial charge in [0.05, 0.1) is 7.11 Å². The van der Waals surface area contributed by atoms with Crippen LogP contribution in [0.1, 0.15) is 18.5 Å². The predicted molar refractivity (Wildman–Crippen MR) is 74.1 cm³/mol. The van der Waals surface area contributed by atoms with Crippen LogP contribution < -0.4 is 14.9 Å². The Morgan fingerprint density at radius 3 is 3.00 bits per heavy atom. The molecule has 0 radical (unpaired) electrons. The van der Waals surface area contributed by atoms with Crippen LogP contribution in [-0.4, -0.2) is 32.8 Å². The van der Waals surface area contributed by atoms with Crippen molar-refractivity contribution in [1.82, 2.24) is 19.7 Å². The largest absolute Gasteiger partial charge is 0.466 e. The van der Waals surface area contributed by atoms with Gasteiger partial charge in [-0.25, -0.2) is 5.10 Å². The molecule has 1 amide bonds. The van der Waals surface area contributed by atoms with Crippen molar-refractivity contribution < 1.29 is 9.53 Å². The van der Waals surface area contributed by atoms with E-state index in [2.05, 4.69) is 20.5 Å². The standard InChI is InChI=1S/C11H15N5O3S/c1-7-6-20-11(18)16(7)5-3-4-8(17)12-9-13-10(19-2)15-14-9/h6H,3-5H2,1-2H3,(H2,12,13,14,15,17). The van der Waals surface area contributed by atoms with E-state index in [0.717, 1.165) is 5.69 Å². The first-order valence-corrected chi connectivity index (χ1v) is 6.89. The Hall–Kier alpha value is -2.16. The van der Waals surface area contributed by atoms with Crippen molar-refractivity contribution in [3.8, 4) is 6.01 Å². The Bertz CT molecular complexity index is 645. The lowest BCUT2D eigenvalue weighted by Crippen LogP contribution is -2.17. The minimum Gasteiger partial charge on any atom is -0.466 e.